The Hall–Kier alpha value is -1.06. The van der Waals surface area contributed by atoms with Crippen molar-refractivity contribution in [2.24, 2.45) is 5.73 Å². The van der Waals surface area contributed by atoms with Crippen LogP contribution in [-0.4, -0.2) is 11.9 Å². The highest BCUT2D eigenvalue weighted by molar-refractivity contribution is 5.85. The largest absolute Gasteiger partial charge is 0.352 e. The summed E-state index contributed by atoms with van der Waals surface area (Å²) in [6, 6.07) is 8.90. The Kier molecular flexibility index (Phi) is 5.97. The van der Waals surface area contributed by atoms with Crippen LogP contribution < -0.4 is 11.1 Å². The summed E-state index contributed by atoms with van der Waals surface area (Å²) in [5.74, 6) is -0.133. The minimum atomic E-state index is -0.571. The molecular weight excluding hydrogens is 212 g/mol. The maximum Gasteiger partial charge on any atom is 0.241 e. The van der Waals surface area contributed by atoms with Gasteiger partial charge in [-0.1, -0.05) is 30.3 Å². The molecule has 15 heavy (non-hydrogen) atoms. The molecule has 0 spiro atoms. The molecule has 1 atom stereocenters. The highest BCUT2D eigenvalue weighted by Gasteiger charge is 2.15. The summed E-state index contributed by atoms with van der Waals surface area (Å²) in [7, 11) is 0. The van der Waals surface area contributed by atoms with Crippen LogP contribution in [0.5, 0.6) is 0 Å². The number of halogens is 1. The normalized spacial score (nSPS) is 11.7. The van der Waals surface area contributed by atoms with Gasteiger partial charge in [0.05, 0.1) is 0 Å². The fourth-order valence-corrected chi connectivity index (χ4v) is 1.19. The van der Waals surface area contributed by atoms with E-state index in [4.69, 9.17) is 5.73 Å². The summed E-state index contributed by atoms with van der Waals surface area (Å²) in [4.78, 5) is 11.5. The molecule has 4 heteroatoms. The van der Waals surface area contributed by atoms with Gasteiger partial charge in [0.2, 0.25) is 5.91 Å². The molecule has 3 nitrogen and oxygen atoms in total. The summed E-state index contributed by atoms with van der Waals surface area (Å²) < 4.78 is 0. The quantitative estimate of drug-likeness (QED) is 0.827. The Morgan fingerprint density at radius 1 is 1.27 bits per heavy atom. The van der Waals surface area contributed by atoms with E-state index in [1.54, 1.807) is 0 Å². The van der Waals surface area contributed by atoms with Crippen LogP contribution in [0.2, 0.25) is 0 Å². The summed E-state index contributed by atoms with van der Waals surface area (Å²) in [6.07, 6.45) is 0. The molecule has 0 saturated carbocycles. The molecule has 84 valence electrons. The number of nitrogens with two attached hydrogens (primary N) is 1. The Morgan fingerprint density at radius 2 is 1.80 bits per heavy atom. The molecule has 0 radical (unpaired) electrons. The molecule has 0 aliphatic carbocycles. The maximum atomic E-state index is 11.5. The molecule has 0 fully saturated rings. The van der Waals surface area contributed by atoms with Gasteiger partial charge >= 0.3 is 0 Å². The first kappa shape index (κ1) is 13.9. The third-order valence-electron chi connectivity index (χ3n) is 1.87. The standard InChI is InChI=1S/C11H16N2O.ClH/c1-8(2)13-11(14)10(12)9-6-4-3-5-7-9;/h3-8,10H,12H2,1-2H3,(H,13,14);1H/t10-;/m0./s1. The Balaban J connectivity index is 0.00000196. The van der Waals surface area contributed by atoms with Crippen LogP contribution in [0.25, 0.3) is 0 Å². The highest BCUT2D eigenvalue weighted by atomic mass is 35.5. The van der Waals surface area contributed by atoms with Crippen LogP contribution in [0.15, 0.2) is 30.3 Å². The molecule has 1 amide bonds. The lowest BCUT2D eigenvalue weighted by Crippen LogP contribution is -2.38. The second kappa shape index (κ2) is 6.43. The minimum Gasteiger partial charge on any atom is -0.352 e. The first-order valence-electron chi connectivity index (χ1n) is 4.72. The van der Waals surface area contributed by atoms with E-state index in [0.29, 0.717) is 0 Å². The van der Waals surface area contributed by atoms with Crippen molar-refractivity contribution in [2.75, 3.05) is 0 Å². The van der Waals surface area contributed by atoms with Crippen LogP contribution in [-0.2, 0) is 4.79 Å². The number of carbonyl (C=O) groups excluding carboxylic acids is 1. The minimum absolute atomic E-state index is 0. The third kappa shape index (κ3) is 4.32. The molecule has 1 aromatic carbocycles. The zero-order valence-electron chi connectivity index (χ0n) is 8.94. The first-order valence-corrected chi connectivity index (χ1v) is 4.72. The van der Waals surface area contributed by atoms with Gasteiger partial charge in [0.1, 0.15) is 6.04 Å². The van der Waals surface area contributed by atoms with Gasteiger partial charge in [-0.3, -0.25) is 4.79 Å². The second-order valence-corrected chi connectivity index (χ2v) is 3.55. The zero-order chi connectivity index (χ0) is 10.6. The molecular formula is C11H17ClN2O. The van der Waals surface area contributed by atoms with E-state index < -0.39 is 6.04 Å². The van der Waals surface area contributed by atoms with E-state index >= 15 is 0 Å². The predicted octanol–water partition coefficient (Wildman–Crippen LogP) is 1.63. The van der Waals surface area contributed by atoms with Crippen molar-refractivity contribution in [1.29, 1.82) is 0 Å². The van der Waals surface area contributed by atoms with Gasteiger partial charge in [0.15, 0.2) is 0 Å². The van der Waals surface area contributed by atoms with Crippen molar-refractivity contribution in [1.82, 2.24) is 5.32 Å². The summed E-state index contributed by atoms with van der Waals surface area (Å²) in [5, 5.41) is 2.78. The average Bonchev–Trinajstić information content (AvgIpc) is 2.17. The molecule has 0 aromatic heterocycles. The van der Waals surface area contributed by atoms with Crippen molar-refractivity contribution in [3.05, 3.63) is 35.9 Å². The fraction of sp³-hybridized carbons (Fsp3) is 0.364. The summed E-state index contributed by atoms with van der Waals surface area (Å²) in [6.45, 7) is 3.82. The summed E-state index contributed by atoms with van der Waals surface area (Å²) in [5.41, 5.74) is 6.61. The molecule has 0 aliphatic heterocycles. The van der Waals surface area contributed by atoms with E-state index in [1.165, 1.54) is 0 Å². The SMILES string of the molecule is CC(C)NC(=O)[C@@H](N)c1ccccc1.Cl. The van der Waals surface area contributed by atoms with Crippen molar-refractivity contribution >= 4 is 18.3 Å². The summed E-state index contributed by atoms with van der Waals surface area (Å²) >= 11 is 0. The molecule has 3 N–H and O–H groups in total. The van der Waals surface area contributed by atoms with Gasteiger partial charge in [0.25, 0.3) is 0 Å². The first-order chi connectivity index (χ1) is 6.61. The zero-order valence-corrected chi connectivity index (χ0v) is 9.75. The number of nitrogens with one attached hydrogen (secondary N) is 1. The van der Waals surface area contributed by atoms with Crippen molar-refractivity contribution in [3.8, 4) is 0 Å². The van der Waals surface area contributed by atoms with Crippen molar-refractivity contribution in [3.63, 3.8) is 0 Å². The van der Waals surface area contributed by atoms with Crippen LogP contribution >= 0.6 is 12.4 Å². The lowest BCUT2D eigenvalue weighted by atomic mass is 10.1. The number of amides is 1. The molecule has 0 unspecified atom stereocenters. The van der Waals surface area contributed by atoms with Gasteiger partial charge in [0, 0.05) is 6.04 Å². The van der Waals surface area contributed by atoms with Gasteiger partial charge in [-0.15, -0.1) is 12.4 Å². The van der Waals surface area contributed by atoms with E-state index in [2.05, 4.69) is 5.32 Å². The number of rotatable bonds is 3. The van der Waals surface area contributed by atoms with Gasteiger partial charge in [-0.05, 0) is 19.4 Å². The second-order valence-electron chi connectivity index (χ2n) is 3.55. The fourth-order valence-electron chi connectivity index (χ4n) is 1.19. The molecule has 0 aliphatic rings. The molecule has 0 heterocycles. The Labute approximate surface area is 96.5 Å². The number of hydrogen-bond acceptors (Lipinski definition) is 2. The van der Waals surface area contributed by atoms with E-state index in [1.807, 2.05) is 44.2 Å². The number of hydrogen-bond donors (Lipinski definition) is 2. The Morgan fingerprint density at radius 3 is 2.27 bits per heavy atom. The molecule has 1 aromatic rings. The van der Waals surface area contributed by atoms with Gasteiger partial charge < -0.3 is 11.1 Å². The number of carbonyl (C=O) groups is 1. The smallest absolute Gasteiger partial charge is 0.241 e. The van der Waals surface area contributed by atoms with Crippen LogP contribution in [0.4, 0.5) is 0 Å². The van der Waals surface area contributed by atoms with Crippen molar-refractivity contribution < 1.29 is 4.79 Å². The van der Waals surface area contributed by atoms with E-state index in [9.17, 15) is 4.79 Å². The monoisotopic (exact) mass is 228 g/mol. The van der Waals surface area contributed by atoms with Crippen molar-refractivity contribution in [2.45, 2.75) is 25.9 Å². The Bertz CT molecular complexity index is 301. The van der Waals surface area contributed by atoms with E-state index in [-0.39, 0.29) is 24.4 Å². The molecule has 0 saturated heterocycles. The average molecular weight is 229 g/mol. The van der Waals surface area contributed by atoms with E-state index in [0.717, 1.165) is 5.56 Å². The third-order valence-corrected chi connectivity index (χ3v) is 1.87. The van der Waals surface area contributed by atoms with Gasteiger partial charge in [-0.2, -0.15) is 0 Å². The molecule has 1 rings (SSSR count). The highest BCUT2D eigenvalue weighted by Crippen LogP contribution is 2.09. The lowest BCUT2D eigenvalue weighted by Gasteiger charge is -2.14. The number of benzene rings is 1. The lowest BCUT2D eigenvalue weighted by molar-refractivity contribution is -0.122. The van der Waals surface area contributed by atoms with Gasteiger partial charge in [-0.25, -0.2) is 0 Å². The maximum absolute atomic E-state index is 11.5. The topological polar surface area (TPSA) is 55.1 Å². The predicted molar refractivity (Wildman–Crippen MR) is 63.9 cm³/mol. The van der Waals surface area contributed by atoms with Crippen LogP contribution in [0.1, 0.15) is 25.5 Å². The molecule has 0 bridgehead atoms. The van der Waals surface area contributed by atoms with Crippen LogP contribution in [0.3, 0.4) is 0 Å². The van der Waals surface area contributed by atoms with Crippen LogP contribution in [0, 0.1) is 0 Å².